The van der Waals surface area contributed by atoms with E-state index >= 15 is 0 Å². The number of nitrogens with two attached hydrogens (primary N) is 1. The van der Waals surface area contributed by atoms with Crippen molar-refractivity contribution in [3.05, 3.63) is 265 Å². The van der Waals surface area contributed by atoms with E-state index in [0.717, 1.165) is 88.3 Å². The summed E-state index contributed by atoms with van der Waals surface area (Å²) in [5.74, 6) is 1.05. The van der Waals surface area contributed by atoms with Crippen LogP contribution in [0.1, 0.15) is 31.0 Å². The molecular weight excluding hydrogens is 1180 g/mol. The number of para-hydroxylation sites is 6. The molecule has 19 heteroatoms. The van der Waals surface area contributed by atoms with E-state index < -0.39 is 0 Å². The highest BCUT2D eigenvalue weighted by Crippen LogP contribution is 2.43. The molecule has 15 rings (SSSR count). The third-order valence-corrected chi connectivity index (χ3v) is 14.7. The van der Waals surface area contributed by atoms with Crippen molar-refractivity contribution < 1.29 is 24.0 Å². The number of H-pyrrole nitrogens is 4. The Morgan fingerprint density at radius 3 is 1.62 bits per heavy atom. The van der Waals surface area contributed by atoms with Gasteiger partial charge in [-0.15, -0.1) is 0 Å². The van der Waals surface area contributed by atoms with Gasteiger partial charge in [-0.25, -0.2) is 19.9 Å². The third-order valence-electron chi connectivity index (χ3n) is 14.0. The van der Waals surface area contributed by atoms with Gasteiger partial charge in [-0.05, 0) is 123 Å². The molecule has 9 heterocycles. The number of carbonyl (C=O) groups excluding carboxylic acids is 2. The zero-order chi connectivity index (χ0) is 61.9. The highest BCUT2D eigenvalue weighted by molar-refractivity contribution is 9.10. The number of ether oxygens (including phenoxy) is 1. The number of benzene rings is 6. The summed E-state index contributed by atoms with van der Waals surface area (Å²) >= 11 is 3.42. The van der Waals surface area contributed by atoms with Gasteiger partial charge in [-0.2, -0.15) is 0 Å². The molecule has 2 amide bonds. The number of amides is 2. The van der Waals surface area contributed by atoms with Crippen LogP contribution in [0.2, 0.25) is 0 Å². The number of anilines is 4. The topological polar surface area (TPSA) is 250 Å². The Labute approximate surface area is 522 Å². The number of hydrogen-bond donors (Lipinski definition) is 9. The lowest BCUT2D eigenvalue weighted by molar-refractivity contribution is -0.115. The summed E-state index contributed by atoms with van der Waals surface area (Å²) in [5, 5.41) is 22.0. The number of nitrogens with zero attached hydrogens (tertiary/aromatic N) is 4. The van der Waals surface area contributed by atoms with Gasteiger partial charge in [0, 0.05) is 129 Å². The normalized spacial score (nSPS) is 11.5. The van der Waals surface area contributed by atoms with E-state index in [4.69, 9.17) is 20.1 Å². The largest absolute Gasteiger partial charge is 0.569 e. The highest BCUT2D eigenvalue weighted by Gasteiger charge is 2.25. The number of fused-ring (bicyclic) bond motifs is 5. The van der Waals surface area contributed by atoms with Crippen molar-refractivity contribution in [3.8, 4) is 44.9 Å². The molecule has 17 nitrogen and oxygen atoms in total. The van der Waals surface area contributed by atoms with Crippen molar-refractivity contribution in [1.29, 1.82) is 0 Å². The first kappa shape index (κ1) is 60.8. The van der Waals surface area contributed by atoms with Gasteiger partial charge in [0.15, 0.2) is 0 Å². The van der Waals surface area contributed by atoms with Crippen LogP contribution >= 0.6 is 15.9 Å². The highest BCUT2D eigenvalue weighted by atomic mass is 79.9. The molecular formula is C70H61BBrN12O5. The van der Waals surface area contributed by atoms with Crippen molar-refractivity contribution in [1.82, 2.24) is 39.9 Å². The molecule has 0 saturated carbocycles. The molecule has 0 aliphatic carbocycles. The Morgan fingerprint density at radius 2 is 1.01 bits per heavy atom. The van der Waals surface area contributed by atoms with Crippen molar-refractivity contribution in [2.24, 2.45) is 0 Å². The summed E-state index contributed by atoms with van der Waals surface area (Å²) in [6.45, 7) is 2.91. The molecule has 1 unspecified atom stereocenters. The van der Waals surface area contributed by atoms with Crippen LogP contribution in [0.5, 0.6) is 11.5 Å². The van der Waals surface area contributed by atoms with Gasteiger partial charge < -0.3 is 56.0 Å². The summed E-state index contributed by atoms with van der Waals surface area (Å²) < 4.78 is 10.8. The molecule has 10 N–H and O–H groups in total. The van der Waals surface area contributed by atoms with Crippen LogP contribution in [0.15, 0.2) is 254 Å². The molecule has 1 aliphatic rings. The quantitative estimate of drug-likeness (QED) is 0.0511. The monoisotopic (exact) mass is 1240 g/mol. The second-order valence-electron chi connectivity index (χ2n) is 19.8. The van der Waals surface area contributed by atoms with Crippen LogP contribution in [0.3, 0.4) is 0 Å². The van der Waals surface area contributed by atoms with E-state index in [1.165, 1.54) is 41.5 Å². The van der Waals surface area contributed by atoms with Crippen LogP contribution < -0.4 is 31.1 Å². The standard InChI is InChI=1S/C20H15N3.C15H13N3O.C13H11N3.C8H9BNO3.C7H5BrN2.C7H8O/c1-2-6-13(7-3-1)19-16-12-22-20-18(16)15(10-11-21-20)14-8-4-5-9-17(14)23-19;1-10(19)18-14-5-3-2-4-12(14)11-6-8-16-15-13(11)7-9-17-15;14-12-4-2-1-3-10(12)9-5-7-15-13-11(9)6-8-16-13;1-6(11)10-7-4-2-3-5-8(7)13-9-12;8-6-2-4-10-7-5(6)1-3-9-7;1-8-7-5-3-2-4-6-7/h1-12,19,23H,(H,21,22);2-9H,1H3,(H,16,17)(H,18,19);1-8H,14H2,(H,15,16);2-5,12H,1H3,(H,10,11);1-4H,(H,9,10);2-6H,1H3. The molecule has 1 aliphatic heterocycles. The number of nitrogen functional groups attached to an aromatic ring is 1. The molecule has 1 radical (unpaired) electrons. The predicted octanol–water partition coefficient (Wildman–Crippen LogP) is 15.3. The van der Waals surface area contributed by atoms with Gasteiger partial charge in [-0.1, -0.05) is 115 Å². The summed E-state index contributed by atoms with van der Waals surface area (Å²) in [4.78, 5) is 51.7. The van der Waals surface area contributed by atoms with E-state index in [1.807, 2.05) is 140 Å². The van der Waals surface area contributed by atoms with Gasteiger partial charge in [0.05, 0.1) is 18.8 Å². The molecule has 0 saturated heterocycles. The van der Waals surface area contributed by atoms with Crippen LogP contribution in [0.25, 0.3) is 77.5 Å². The van der Waals surface area contributed by atoms with E-state index in [9.17, 15) is 9.59 Å². The van der Waals surface area contributed by atoms with Gasteiger partial charge in [0.1, 0.15) is 34.1 Å². The first-order valence-corrected chi connectivity index (χ1v) is 29.0. The first-order chi connectivity index (χ1) is 43.6. The average molecular weight is 1240 g/mol. The van der Waals surface area contributed by atoms with E-state index in [0.29, 0.717) is 19.1 Å². The van der Waals surface area contributed by atoms with Crippen molar-refractivity contribution in [2.75, 3.05) is 28.8 Å². The summed E-state index contributed by atoms with van der Waals surface area (Å²) in [7, 11) is 2.23. The number of methoxy groups -OCH3 is 1. The zero-order valence-corrected chi connectivity index (χ0v) is 50.2. The van der Waals surface area contributed by atoms with Gasteiger partial charge in [0.25, 0.3) is 0 Å². The second-order valence-corrected chi connectivity index (χ2v) is 20.7. The second kappa shape index (κ2) is 29.7. The minimum atomic E-state index is -0.186. The SMILES string of the molecule is Brc1ccnc2[nH]ccc12.CC(=O)Nc1ccccc1-c1ccnc2[nH]ccc12.CC(=O)Nc1ccccc1O[B]O.COc1ccccc1.Nc1ccccc1-c1ccnc2[nH]ccc12.c1ccc(C2Nc3ccccc3-c3ccnc4[nH]cc2c34)cc1. The first-order valence-electron chi connectivity index (χ1n) is 28.2. The maximum absolute atomic E-state index is 11.3. The minimum absolute atomic E-state index is 0.0770. The fraction of sp³-hybridized carbons (Fsp3) is 0.0571. The van der Waals surface area contributed by atoms with Crippen LogP contribution in [-0.2, 0) is 9.59 Å². The summed E-state index contributed by atoms with van der Waals surface area (Å²) in [5.41, 5.74) is 22.0. The fourth-order valence-corrected chi connectivity index (χ4v) is 10.5. The molecule has 6 aromatic carbocycles. The van der Waals surface area contributed by atoms with Crippen molar-refractivity contribution >= 4 is 102 Å². The van der Waals surface area contributed by atoms with Crippen LogP contribution in [-0.4, -0.2) is 71.5 Å². The van der Waals surface area contributed by atoms with E-state index in [2.05, 4.69) is 139 Å². The fourth-order valence-electron chi connectivity index (χ4n) is 10.1. The Hall–Kier alpha value is -11.3. The Kier molecular flexibility index (Phi) is 20.3. The summed E-state index contributed by atoms with van der Waals surface area (Å²) in [6.07, 6.45) is 14.9. The minimum Gasteiger partial charge on any atom is -0.536 e. The smallest absolute Gasteiger partial charge is 0.536 e. The lowest BCUT2D eigenvalue weighted by atomic mass is 9.97. The number of nitrogens with one attached hydrogen (secondary N) is 7. The number of pyridine rings is 4. The number of rotatable bonds is 8. The molecule has 1 atom stereocenters. The third kappa shape index (κ3) is 15.0. The Balaban J connectivity index is 0.000000122. The molecule has 441 valence electrons. The number of carbonyl (C=O) groups is 2. The number of aromatic amines is 4. The van der Waals surface area contributed by atoms with Crippen LogP contribution in [0.4, 0.5) is 22.7 Å². The number of halogens is 1. The maximum Gasteiger partial charge on any atom is 0.569 e. The zero-order valence-electron chi connectivity index (χ0n) is 48.7. The summed E-state index contributed by atoms with van der Waals surface area (Å²) in [6, 6.07) is 65.2. The van der Waals surface area contributed by atoms with Crippen LogP contribution in [0, 0.1) is 0 Å². The maximum atomic E-state index is 11.3. The number of aromatic nitrogens is 8. The van der Waals surface area contributed by atoms with Gasteiger partial charge in [-0.3, -0.25) is 9.59 Å². The van der Waals surface area contributed by atoms with Gasteiger partial charge in [0.2, 0.25) is 11.8 Å². The average Bonchev–Trinajstić information content (AvgIpc) is 1.65. The molecule has 0 spiro atoms. The van der Waals surface area contributed by atoms with E-state index in [-0.39, 0.29) is 17.9 Å². The van der Waals surface area contributed by atoms with E-state index in [1.54, 1.807) is 50.0 Å². The van der Waals surface area contributed by atoms with Crippen molar-refractivity contribution in [3.63, 3.8) is 0 Å². The molecule has 0 fully saturated rings. The number of hydrogen-bond acceptors (Lipinski definition) is 11. The molecule has 0 bridgehead atoms. The Morgan fingerprint density at radius 1 is 0.517 bits per heavy atom. The van der Waals surface area contributed by atoms with Crippen molar-refractivity contribution in [2.45, 2.75) is 19.9 Å². The molecule has 89 heavy (non-hydrogen) atoms. The molecule has 14 aromatic rings. The van der Waals surface area contributed by atoms with Gasteiger partial charge >= 0.3 is 7.69 Å². The molecule has 8 aromatic heterocycles. The lowest BCUT2D eigenvalue weighted by Crippen LogP contribution is -2.11. The Bertz CT molecular complexity index is 4630. The predicted molar refractivity (Wildman–Crippen MR) is 361 cm³/mol. The lowest BCUT2D eigenvalue weighted by Gasteiger charge is -2.19.